The third-order valence-corrected chi connectivity index (χ3v) is 11.3. The number of aromatic nitrogens is 4. The maximum Gasteiger partial charge on any atom is 0.270 e. The fourth-order valence-electron chi connectivity index (χ4n) is 8.67. The van der Waals surface area contributed by atoms with Crippen LogP contribution in [0.3, 0.4) is 0 Å². The molecule has 5 heterocycles. The molecular weight excluding hydrogens is 737 g/mol. The van der Waals surface area contributed by atoms with Crippen LogP contribution in [0.1, 0.15) is 60.9 Å². The molecule has 0 fully saturated rings. The standard InChI is InChI=1S/C49H40N6O4/c1-2-3-24-41(54(56)57)46-47-44(33-20-12-6-13-21-33)39-29-27-37(51-39)42(31-16-8-4-9-17-31)35-25-26-36(50-35)43(32-18-10-5-11-19-32)38-28-30-40(52-38)45(34-22-14-7-15-23-34)48(53-47)49(46)55(58)59/h4-23,25-30,41,46,49,51-52H,2-3,24H2,1H3/t41?,46-,49+/m0/s1. The first-order valence-corrected chi connectivity index (χ1v) is 19.9. The Balaban J connectivity index is 1.53. The van der Waals surface area contributed by atoms with E-state index in [4.69, 9.17) is 9.97 Å². The van der Waals surface area contributed by atoms with Crippen molar-refractivity contribution in [2.75, 3.05) is 0 Å². The molecule has 0 saturated heterocycles. The minimum absolute atomic E-state index is 0.155. The highest BCUT2D eigenvalue weighted by molar-refractivity contribution is 5.97. The number of nitrogens with zero attached hydrogens (tertiary/aromatic N) is 4. The average molecular weight is 777 g/mol. The number of hydrogen-bond acceptors (Lipinski definition) is 6. The van der Waals surface area contributed by atoms with Crippen molar-refractivity contribution in [2.45, 2.75) is 44.2 Å². The number of benzene rings is 4. The van der Waals surface area contributed by atoms with Crippen LogP contribution < -0.4 is 0 Å². The highest BCUT2D eigenvalue weighted by Gasteiger charge is 2.53. The summed E-state index contributed by atoms with van der Waals surface area (Å²) in [6.45, 7) is 1.97. The first-order valence-electron chi connectivity index (χ1n) is 19.9. The molecule has 3 aromatic heterocycles. The summed E-state index contributed by atoms with van der Waals surface area (Å²) in [6, 6.07) is 44.0. The van der Waals surface area contributed by atoms with Crippen molar-refractivity contribution in [1.29, 1.82) is 0 Å². The summed E-state index contributed by atoms with van der Waals surface area (Å²) in [5.41, 5.74) is 10.8. The lowest BCUT2D eigenvalue weighted by Crippen LogP contribution is -2.33. The molecule has 0 spiro atoms. The monoisotopic (exact) mass is 776 g/mol. The molecule has 59 heavy (non-hydrogen) atoms. The van der Waals surface area contributed by atoms with Crippen molar-refractivity contribution in [3.8, 4) is 44.5 Å². The highest BCUT2D eigenvalue weighted by Crippen LogP contribution is 2.49. The second-order valence-electron chi connectivity index (χ2n) is 14.9. The number of H-pyrrole nitrogens is 2. The molecule has 3 atom stereocenters. The van der Waals surface area contributed by atoms with Gasteiger partial charge in [-0.2, -0.15) is 0 Å². The molecule has 0 aliphatic carbocycles. The summed E-state index contributed by atoms with van der Waals surface area (Å²) in [4.78, 5) is 44.2. The van der Waals surface area contributed by atoms with E-state index in [9.17, 15) is 20.2 Å². The van der Waals surface area contributed by atoms with Crippen LogP contribution in [0.25, 0.3) is 78.7 Å². The third-order valence-electron chi connectivity index (χ3n) is 11.3. The number of aromatic amines is 2. The van der Waals surface area contributed by atoms with Gasteiger partial charge in [0, 0.05) is 60.6 Å². The van der Waals surface area contributed by atoms with E-state index in [0.29, 0.717) is 46.3 Å². The molecule has 10 nitrogen and oxygen atoms in total. The minimum Gasteiger partial charge on any atom is -0.354 e. The van der Waals surface area contributed by atoms with E-state index in [2.05, 4.69) is 9.97 Å². The number of nitro groups is 2. The van der Waals surface area contributed by atoms with Crippen molar-refractivity contribution < 1.29 is 9.85 Å². The van der Waals surface area contributed by atoms with Gasteiger partial charge in [-0.05, 0) is 65.1 Å². The Labute approximate surface area is 340 Å². The van der Waals surface area contributed by atoms with Crippen molar-refractivity contribution in [2.24, 2.45) is 0 Å². The van der Waals surface area contributed by atoms with E-state index in [1.54, 1.807) is 0 Å². The van der Waals surface area contributed by atoms with Gasteiger partial charge in [0.25, 0.3) is 6.04 Å². The number of nitrogens with one attached hydrogen (secondary N) is 2. The van der Waals surface area contributed by atoms with Crippen LogP contribution in [0.4, 0.5) is 0 Å². The van der Waals surface area contributed by atoms with E-state index >= 15 is 0 Å². The molecule has 2 aliphatic rings. The molecule has 9 rings (SSSR count). The van der Waals surface area contributed by atoms with Gasteiger partial charge < -0.3 is 9.97 Å². The van der Waals surface area contributed by atoms with Crippen LogP contribution in [-0.4, -0.2) is 35.8 Å². The Kier molecular flexibility index (Phi) is 9.96. The van der Waals surface area contributed by atoms with Crippen molar-refractivity contribution >= 4 is 34.2 Å². The predicted octanol–water partition coefficient (Wildman–Crippen LogP) is 12.1. The Morgan fingerprint density at radius 3 is 1.32 bits per heavy atom. The molecule has 10 heteroatoms. The van der Waals surface area contributed by atoms with Gasteiger partial charge in [-0.25, -0.2) is 9.97 Å². The van der Waals surface area contributed by atoms with Gasteiger partial charge in [-0.3, -0.25) is 20.2 Å². The Morgan fingerprint density at radius 1 is 0.542 bits per heavy atom. The molecule has 290 valence electrons. The van der Waals surface area contributed by atoms with Crippen LogP contribution in [0.2, 0.25) is 0 Å². The molecule has 0 amide bonds. The van der Waals surface area contributed by atoms with Crippen LogP contribution >= 0.6 is 0 Å². The molecule has 8 bridgehead atoms. The van der Waals surface area contributed by atoms with Crippen LogP contribution in [0, 0.1) is 20.2 Å². The first kappa shape index (κ1) is 37.1. The van der Waals surface area contributed by atoms with Gasteiger partial charge >= 0.3 is 0 Å². The minimum atomic E-state index is -1.54. The largest absolute Gasteiger partial charge is 0.354 e. The normalized spacial score (nSPS) is 15.2. The van der Waals surface area contributed by atoms with Gasteiger partial charge in [-0.15, -0.1) is 0 Å². The van der Waals surface area contributed by atoms with E-state index in [1.807, 2.05) is 165 Å². The molecule has 0 saturated carbocycles. The Bertz CT molecular complexity index is 2890. The van der Waals surface area contributed by atoms with Crippen molar-refractivity contribution in [1.82, 2.24) is 19.9 Å². The lowest BCUT2D eigenvalue weighted by molar-refractivity contribution is -0.570. The van der Waals surface area contributed by atoms with Gasteiger partial charge in [-0.1, -0.05) is 135 Å². The van der Waals surface area contributed by atoms with Crippen LogP contribution in [0.15, 0.2) is 146 Å². The molecular formula is C49H40N6O4. The van der Waals surface area contributed by atoms with Gasteiger partial charge in [0.15, 0.2) is 0 Å². The predicted molar refractivity (Wildman–Crippen MR) is 234 cm³/mol. The lowest BCUT2D eigenvalue weighted by atomic mass is 9.83. The average Bonchev–Trinajstić information content (AvgIpc) is 4.10. The van der Waals surface area contributed by atoms with Crippen molar-refractivity contribution in [3.63, 3.8) is 0 Å². The number of unbranched alkanes of at least 4 members (excludes halogenated alkanes) is 1. The molecule has 0 radical (unpaired) electrons. The van der Waals surface area contributed by atoms with Crippen LogP contribution in [0.5, 0.6) is 0 Å². The Morgan fingerprint density at radius 2 is 0.932 bits per heavy atom. The molecule has 2 N–H and O–H groups in total. The molecule has 7 aromatic rings. The highest BCUT2D eigenvalue weighted by atomic mass is 16.6. The number of rotatable bonds is 10. The van der Waals surface area contributed by atoms with E-state index in [1.165, 1.54) is 0 Å². The van der Waals surface area contributed by atoms with E-state index in [-0.39, 0.29) is 22.0 Å². The maximum atomic E-state index is 13.7. The van der Waals surface area contributed by atoms with Gasteiger partial charge in [0.1, 0.15) is 11.6 Å². The summed E-state index contributed by atoms with van der Waals surface area (Å²) < 4.78 is 0. The number of fused-ring (bicyclic) bond motifs is 8. The lowest BCUT2D eigenvalue weighted by Gasteiger charge is -2.20. The van der Waals surface area contributed by atoms with Crippen LogP contribution in [-0.2, 0) is 0 Å². The molecule has 2 aliphatic heterocycles. The number of hydrogen-bond donors (Lipinski definition) is 2. The fourth-order valence-corrected chi connectivity index (χ4v) is 8.67. The quantitative estimate of drug-likeness (QED) is 0.104. The zero-order valence-corrected chi connectivity index (χ0v) is 32.3. The summed E-state index contributed by atoms with van der Waals surface area (Å²) in [6.07, 6.45) is 5.43. The van der Waals surface area contributed by atoms with E-state index < -0.39 is 18.0 Å². The molecule has 1 unspecified atom stereocenters. The first-order chi connectivity index (χ1) is 28.9. The van der Waals surface area contributed by atoms with Gasteiger partial charge in [0.2, 0.25) is 6.04 Å². The fraction of sp³-hybridized carbons (Fsp3) is 0.143. The zero-order valence-electron chi connectivity index (χ0n) is 32.3. The smallest absolute Gasteiger partial charge is 0.270 e. The van der Waals surface area contributed by atoms with E-state index in [0.717, 1.165) is 50.2 Å². The summed E-state index contributed by atoms with van der Waals surface area (Å²) >= 11 is 0. The molecule has 4 aromatic carbocycles. The topological polar surface area (TPSA) is 144 Å². The van der Waals surface area contributed by atoms with Crippen molar-refractivity contribution in [3.05, 3.63) is 189 Å². The summed E-state index contributed by atoms with van der Waals surface area (Å²) in [5, 5.41) is 27.0. The zero-order chi connectivity index (χ0) is 40.5. The maximum absolute atomic E-state index is 13.7. The summed E-state index contributed by atoms with van der Waals surface area (Å²) in [5.74, 6) is -1.20. The Hall–Kier alpha value is -7.46. The SMILES string of the molecule is CCCCC([C@H]1c2nc(c(-c3ccccc3)c3ccc([nH]3)c(-c3ccccc3)c3nc(c(-c4ccccc4)c4ccc([nH]4)c2-c2ccccc2)C=C3)[C@@H]1[N+](=O)[O-])[N+](=O)[O-]. The second kappa shape index (κ2) is 15.8. The third kappa shape index (κ3) is 6.88. The van der Waals surface area contributed by atoms with Gasteiger partial charge in [0.05, 0.1) is 17.1 Å². The summed E-state index contributed by atoms with van der Waals surface area (Å²) in [7, 11) is 0. The second-order valence-corrected chi connectivity index (χ2v) is 14.9.